The summed E-state index contributed by atoms with van der Waals surface area (Å²) in [4.78, 5) is 0. The van der Waals surface area contributed by atoms with Crippen molar-refractivity contribution < 1.29 is 0 Å². The average molecular weight is 150 g/mol. The molecule has 0 unspecified atom stereocenters. The van der Waals surface area contributed by atoms with Crippen molar-refractivity contribution in [3.05, 3.63) is 36.0 Å². The Morgan fingerprint density at radius 3 is 2.55 bits per heavy atom. The van der Waals surface area contributed by atoms with Gasteiger partial charge < -0.3 is 0 Å². The third-order valence-electron chi connectivity index (χ3n) is 1.72. The van der Waals surface area contributed by atoms with Gasteiger partial charge in [0.15, 0.2) is 0 Å². The van der Waals surface area contributed by atoms with Gasteiger partial charge in [0.05, 0.1) is 0 Å². The van der Waals surface area contributed by atoms with Crippen LogP contribution in [0.3, 0.4) is 0 Å². The summed E-state index contributed by atoms with van der Waals surface area (Å²) in [5.74, 6) is 0. The fraction of sp³-hybridized carbons (Fsp3) is 0.455. The summed E-state index contributed by atoms with van der Waals surface area (Å²) >= 11 is 0. The maximum absolute atomic E-state index is 3.73. The van der Waals surface area contributed by atoms with Crippen LogP contribution in [0.2, 0.25) is 0 Å². The summed E-state index contributed by atoms with van der Waals surface area (Å²) in [7, 11) is 0. The Kier molecular flexibility index (Phi) is 5.54. The molecular formula is C11H18. The van der Waals surface area contributed by atoms with Gasteiger partial charge in [-0.1, -0.05) is 51.2 Å². The molecule has 0 radical (unpaired) electrons. The Balaban J connectivity index is 0.000000461. The Bertz CT molecular complexity index is 170. The van der Waals surface area contributed by atoms with Crippen molar-refractivity contribution in [1.29, 1.82) is 0 Å². The molecule has 1 rings (SSSR count). The number of allylic oxidation sites excluding steroid dienone is 5. The second-order valence-electron chi connectivity index (χ2n) is 2.22. The second-order valence-corrected chi connectivity index (χ2v) is 2.22. The van der Waals surface area contributed by atoms with Gasteiger partial charge >= 0.3 is 0 Å². The highest BCUT2D eigenvalue weighted by atomic mass is 14.1. The lowest BCUT2D eigenvalue weighted by Gasteiger charge is -1.96. The van der Waals surface area contributed by atoms with Crippen LogP contribution in [0.5, 0.6) is 0 Å². The molecule has 0 saturated carbocycles. The normalized spacial score (nSPS) is 14.5. The summed E-state index contributed by atoms with van der Waals surface area (Å²) in [6.45, 7) is 9.92. The molecule has 0 aromatic rings. The Labute approximate surface area is 70.3 Å². The van der Waals surface area contributed by atoms with E-state index in [2.05, 4.69) is 25.7 Å². The van der Waals surface area contributed by atoms with Crippen LogP contribution in [0.1, 0.15) is 33.6 Å². The predicted molar refractivity (Wildman–Crippen MR) is 52.6 cm³/mol. The first-order chi connectivity index (χ1) is 5.38. The molecule has 0 aliphatic heterocycles. The molecule has 0 bridgehead atoms. The summed E-state index contributed by atoms with van der Waals surface area (Å²) in [5, 5.41) is 0. The molecule has 0 nitrogen and oxygen atoms in total. The minimum absolute atomic E-state index is 1.14. The van der Waals surface area contributed by atoms with Crippen LogP contribution in [0, 0.1) is 0 Å². The van der Waals surface area contributed by atoms with E-state index < -0.39 is 0 Å². The predicted octanol–water partition coefficient (Wildman–Crippen LogP) is 3.87. The molecule has 0 aromatic carbocycles. The van der Waals surface area contributed by atoms with Crippen LogP contribution in [0.25, 0.3) is 0 Å². The smallest absolute Gasteiger partial charge is 0.0127 e. The SMILES string of the molecule is C=CC1=C(CC)CC=C1.CC. The Hall–Kier alpha value is -0.780. The van der Waals surface area contributed by atoms with Crippen LogP contribution in [-0.4, -0.2) is 0 Å². The molecule has 0 amide bonds. The number of hydrogen-bond donors (Lipinski definition) is 0. The van der Waals surface area contributed by atoms with Crippen molar-refractivity contribution in [1.82, 2.24) is 0 Å². The van der Waals surface area contributed by atoms with Crippen molar-refractivity contribution in [2.45, 2.75) is 33.6 Å². The first kappa shape index (κ1) is 10.2. The Morgan fingerprint density at radius 2 is 2.18 bits per heavy atom. The molecule has 0 spiro atoms. The molecular weight excluding hydrogens is 132 g/mol. The van der Waals surface area contributed by atoms with Gasteiger partial charge in [-0.3, -0.25) is 0 Å². The molecule has 0 aromatic heterocycles. The zero-order valence-corrected chi connectivity index (χ0v) is 7.85. The van der Waals surface area contributed by atoms with E-state index in [1.165, 1.54) is 11.1 Å². The number of hydrogen-bond acceptors (Lipinski definition) is 0. The van der Waals surface area contributed by atoms with E-state index in [-0.39, 0.29) is 0 Å². The zero-order chi connectivity index (χ0) is 8.69. The summed E-state index contributed by atoms with van der Waals surface area (Å²) < 4.78 is 0. The first-order valence-corrected chi connectivity index (χ1v) is 4.39. The lowest BCUT2D eigenvalue weighted by molar-refractivity contribution is 1.04. The Morgan fingerprint density at radius 1 is 1.55 bits per heavy atom. The van der Waals surface area contributed by atoms with Gasteiger partial charge in [0.1, 0.15) is 0 Å². The highest BCUT2D eigenvalue weighted by Gasteiger charge is 2.01. The maximum atomic E-state index is 3.73. The summed E-state index contributed by atoms with van der Waals surface area (Å²) in [6, 6.07) is 0. The van der Waals surface area contributed by atoms with E-state index in [1.54, 1.807) is 0 Å². The van der Waals surface area contributed by atoms with Crippen LogP contribution in [0.15, 0.2) is 36.0 Å². The third kappa shape index (κ3) is 2.75. The molecule has 1 aliphatic rings. The molecule has 0 heterocycles. The van der Waals surface area contributed by atoms with Crippen molar-refractivity contribution in [3.63, 3.8) is 0 Å². The highest BCUT2D eigenvalue weighted by Crippen LogP contribution is 2.21. The van der Waals surface area contributed by atoms with E-state index in [0.29, 0.717) is 0 Å². The van der Waals surface area contributed by atoms with Gasteiger partial charge in [-0.2, -0.15) is 0 Å². The monoisotopic (exact) mass is 150 g/mol. The first-order valence-electron chi connectivity index (χ1n) is 4.39. The molecule has 0 N–H and O–H groups in total. The van der Waals surface area contributed by atoms with Gasteiger partial charge in [-0.15, -0.1) is 0 Å². The molecule has 62 valence electrons. The quantitative estimate of drug-likeness (QED) is 0.560. The van der Waals surface area contributed by atoms with E-state index in [0.717, 1.165) is 12.8 Å². The highest BCUT2D eigenvalue weighted by molar-refractivity contribution is 5.40. The molecule has 0 saturated heterocycles. The van der Waals surface area contributed by atoms with Crippen molar-refractivity contribution in [2.75, 3.05) is 0 Å². The molecule has 0 heteroatoms. The maximum Gasteiger partial charge on any atom is -0.0127 e. The van der Waals surface area contributed by atoms with Crippen LogP contribution in [-0.2, 0) is 0 Å². The lowest BCUT2D eigenvalue weighted by atomic mass is 10.1. The summed E-state index contributed by atoms with van der Waals surface area (Å²) in [6.07, 6.45) is 8.57. The number of rotatable bonds is 2. The standard InChI is InChI=1S/C9H12.C2H6/c1-3-8-6-5-7-9(8)4-2;1-2/h3,5-6H,1,4,7H2,2H3;1-2H3. The zero-order valence-electron chi connectivity index (χ0n) is 7.85. The van der Waals surface area contributed by atoms with Gasteiger partial charge in [-0.05, 0) is 18.4 Å². The van der Waals surface area contributed by atoms with Crippen molar-refractivity contribution in [3.8, 4) is 0 Å². The van der Waals surface area contributed by atoms with E-state index in [1.807, 2.05) is 19.9 Å². The van der Waals surface area contributed by atoms with Gasteiger partial charge in [0.2, 0.25) is 0 Å². The van der Waals surface area contributed by atoms with Gasteiger partial charge in [0.25, 0.3) is 0 Å². The minimum Gasteiger partial charge on any atom is -0.0985 e. The van der Waals surface area contributed by atoms with E-state index >= 15 is 0 Å². The fourth-order valence-corrected chi connectivity index (χ4v) is 1.12. The molecule has 11 heavy (non-hydrogen) atoms. The molecule has 0 atom stereocenters. The summed E-state index contributed by atoms with van der Waals surface area (Å²) in [5.41, 5.74) is 2.85. The third-order valence-corrected chi connectivity index (χ3v) is 1.72. The van der Waals surface area contributed by atoms with Gasteiger partial charge in [0, 0.05) is 0 Å². The topological polar surface area (TPSA) is 0 Å². The molecule has 1 aliphatic carbocycles. The van der Waals surface area contributed by atoms with E-state index in [9.17, 15) is 0 Å². The minimum atomic E-state index is 1.14. The molecule has 0 fully saturated rings. The van der Waals surface area contributed by atoms with E-state index in [4.69, 9.17) is 0 Å². The van der Waals surface area contributed by atoms with Gasteiger partial charge in [-0.25, -0.2) is 0 Å². The largest absolute Gasteiger partial charge is 0.0985 e. The van der Waals surface area contributed by atoms with Crippen molar-refractivity contribution in [2.24, 2.45) is 0 Å². The fourth-order valence-electron chi connectivity index (χ4n) is 1.12. The lowest BCUT2D eigenvalue weighted by Crippen LogP contribution is -1.76. The second kappa shape index (κ2) is 5.96. The van der Waals surface area contributed by atoms with Crippen LogP contribution in [0.4, 0.5) is 0 Å². The van der Waals surface area contributed by atoms with Crippen LogP contribution >= 0.6 is 0 Å². The average Bonchev–Trinajstić information content (AvgIpc) is 2.54. The van der Waals surface area contributed by atoms with Crippen molar-refractivity contribution >= 4 is 0 Å². The van der Waals surface area contributed by atoms with Crippen LogP contribution < -0.4 is 0 Å².